The lowest BCUT2D eigenvalue weighted by molar-refractivity contribution is -0.152. The summed E-state index contributed by atoms with van der Waals surface area (Å²) < 4.78 is 8.38. The average molecular weight is 625 g/mol. The molecule has 11 heteroatoms. The SMILES string of the molecule is CNC(=O)[C@@]1(C)CCCC[C@H]1C(=O)N1CCc2c(Cl)ccc(OCc3nnn(C)c3C3CC3)c2[C@H]1CCN1C[C@H](C)CC1=O. The van der Waals surface area contributed by atoms with E-state index in [4.69, 9.17) is 16.3 Å². The van der Waals surface area contributed by atoms with E-state index in [-0.39, 0.29) is 30.4 Å². The summed E-state index contributed by atoms with van der Waals surface area (Å²) >= 11 is 6.82. The van der Waals surface area contributed by atoms with E-state index in [0.717, 1.165) is 54.7 Å². The number of carbonyl (C=O) groups is 3. The van der Waals surface area contributed by atoms with Gasteiger partial charge in [0.15, 0.2) is 0 Å². The Balaban J connectivity index is 1.34. The first-order valence-corrected chi connectivity index (χ1v) is 16.6. The minimum atomic E-state index is -0.770. The molecule has 0 bridgehead atoms. The van der Waals surface area contributed by atoms with Gasteiger partial charge in [0, 0.05) is 56.7 Å². The van der Waals surface area contributed by atoms with Crippen LogP contribution in [0.1, 0.15) is 99.7 Å². The Bertz CT molecular complexity index is 1440. The molecule has 6 rings (SSSR count). The number of rotatable bonds is 9. The second-order valence-corrected chi connectivity index (χ2v) is 14.0. The normalized spacial score (nSPS) is 26.9. The maximum atomic E-state index is 14.6. The van der Waals surface area contributed by atoms with Gasteiger partial charge in [-0.15, -0.1) is 5.10 Å². The first-order valence-electron chi connectivity index (χ1n) is 16.2. The van der Waals surface area contributed by atoms with Crippen molar-refractivity contribution in [3.8, 4) is 5.75 Å². The largest absolute Gasteiger partial charge is 0.487 e. The number of hydrogen-bond acceptors (Lipinski definition) is 6. The van der Waals surface area contributed by atoms with Gasteiger partial charge < -0.3 is 19.9 Å². The van der Waals surface area contributed by atoms with Crippen LogP contribution in [0.3, 0.4) is 0 Å². The maximum absolute atomic E-state index is 14.6. The molecule has 10 nitrogen and oxygen atoms in total. The third kappa shape index (κ3) is 5.70. The van der Waals surface area contributed by atoms with E-state index in [1.54, 1.807) is 7.05 Å². The standard InChI is InChI=1S/C33H45ClN6O4/c1-20-17-28(41)39(18-20)15-13-26-29-22(12-16-40(26)31(42)23-7-5-6-14-33(23,2)32(43)35-3)24(34)10-11-27(29)44-19-25-30(21-8-9-21)38(4)37-36-25/h10-11,20-21,23,26H,5-9,12-19H2,1-4H3,(H,35,43)/t20-,23+,26-,33+/m1/s1. The van der Waals surface area contributed by atoms with Crippen LogP contribution in [-0.2, 0) is 34.5 Å². The molecule has 0 unspecified atom stereocenters. The number of ether oxygens (including phenoxy) is 1. The van der Waals surface area contributed by atoms with E-state index in [0.29, 0.717) is 67.8 Å². The van der Waals surface area contributed by atoms with Crippen molar-refractivity contribution in [3.05, 3.63) is 39.7 Å². The minimum absolute atomic E-state index is 0.00318. The second kappa shape index (κ2) is 12.3. The molecule has 2 saturated carbocycles. The predicted octanol–water partition coefficient (Wildman–Crippen LogP) is 4.55. The summed E-state index contributed by atoms with van der Waals surface area (Å²) in [6.07, 6.45) is 7.18. The maximum Gasteiger partial charge on any atom is 0.227 e. The number of nitrogens with zero attached hydrogens (tertiary/aromatic N) is 5. The van der Waals surface area contributed by atoms with Gasteiger partial charge in [0.2, 0.25) is 17.7 Å². The molecule has 4 aliphatic rings. The number of hydrogen-bond donors (Lipinski definition) is 1. The van der Waals surface area contributed by atoms with E-state index in [1.807, 2.05) is 40.6 Å². The molecule has 238 valence electrons. The summed E-state index contributed by atoms with van der Waals surface area (Å²) in [6, 6.07) is 3.43. The van der Waals surface area contributed by atoms with Crippen LogP contribution < -0.4 is 10.1 Å². The first kappa shape index (κ1) is 30.9. The molecule has 3 amide bonds. The Labute approximate surface area is 264 Å². The molecule has 2 aliphatic heterocycles. The van der Waals surface area contributed by atoms with E-state index in [9.17, 15) is 14.4 Å². The molecule has 0 spiro atoms. The number of aromatic nitrogens is 3. The van der Waals surface area contributed by atoms with Crippen LogP contribution in [0.5, 0.6) is 5.75 Å². The lowest BCUT2D eigenvalue weighted by Crippen LogP contribution is -2.53. The fourth-order valence-electron chi connectivity index (χ4n) is 7.93. The third-order valence-electron chi connectivity index (χ3n) is 10.5. The van der Waals surface area contributed by atoms with Gasteiger partial charge in [-0.3, -0.25) is 19.1 Å². The monoisotopic (exact) mass is 624 g/mol. The van der Waals surface area contributed by atoms with E-state index in [2.05, 4.69) is 22.6 Å². The number of benzene rings is 1. The third-order valence-corrected chi connectivity index (χ3v) is 10.8. The van der Waals surface area contributed by atoms with Crippen LogP contribution in [-0.4, -0.2) is 69.2 Å². The van der Waals surface area contributed by atoms with Crippen molar-refractivity contribution in [1.82, 2.24) is 30.1 Å². The van der Waals surface area contributed by atoms with Crippen molar-refractivity contribution in [2.45, 2.75) is 90.2 Å². The molecule has 1 aromatic carbocycles. The summed E-state index contributed by atoms with van der Waals surface area (Å²) in [5.41, 5.74) is 3.08. The van der Waals surface area contributed by atoms with Gasteiger partial charge in [0.25, 0.3) is 0 Å². The lowest BCUT2D eigenvalue weighted by atomic mass is 9.66. The van der Waals surface area contributed by atoms with Crippen LogP contribution in [0.25, 0.3) is 0 Å². The Kier molecular flexibility index (Phi) is 8.65. The van der Waals surface area contributed by atoms with Crippen molar-refractivity contribution in [2.24, 2.45) is 24.3 Å². The number of fused-ring (bicyclic) bond motifs is 1. The Morgan fingerprint density at radius 2 is 2.00 bits per heavy atom. The molecule has 4 atom stereocenters. The number of carbonyl (C=O) groups excluding carboxylic acids is 3. The summed E-state index contributed by atoms with van der Waals surface area (Å²) in [5.74, 6) is 1.13. The molecular formula is C33H45ClN6O4. The summed E-state index contributed by atoms with van der Waals surface area (Å²) in [6.45, 7) is 6.07. The van der Waals surface area contributed by atoms with Gasteiger partial charge in [0.05, 0.1) is 23.1 Å². The van der Waals surface area contributed by atoms with E-state index in [1.165, 1.54) is 0 Å². The van der Waals surface area contributed by atoms with Crippen molar-refractivity contribution in [2.75, 3.05) is 26.7 Å². The van der Waals surface area contributed by atoms with E-state index >= 15 is 0 Å². The zero-order chi connectivity index (χ0) is 31.2. The highest BCUT2D eigenvalue weighted by Gasteiger charge is 2.49. The predicted molar refractivity (Wildman–Crippen MR) is 166 cm³/mol. The smallest absolute Gasteiger partial charge is 0.227 e. The number of amides is 3. The number of halogens is 1. The topological polar surface area (TPSA) is 110 Å². The summed E-state index contributed by atoms with van der Waals surface area (Å²) in [5, 5.41) is 12.1. The van der Waals surface area contributed by atoms with Gasteiger partial charge in [-0.25, -0.2) is 0 Å². The fourth-order valence-corrected chi connectivity index (χ4v) is 8.19. The van der Waals surface area contributed by atoms with Crippen LogP contribution in [0.15, 0.2) is 12.1 Å². The van der Waals surface area contributed by atoms with Gasteiger partial charge >= 0.3 is 0 Å². The van der Waals surface area contributed by atoms with Crippen molar-refractivity contribution in [1.29, 1.82) is 0 Å². The van der Waals surface area contributed by atoms with Gasteiger partial charge in [-0.2, -0.15) is 0 Å². The van der Waals surface area contributed by atoms with Crippen LogP contribution >= 0.6 is 11.6 Å². The van der Waals surface area contributed by atoms with Crippen LogP contribution in [0.2, 0.25) is 5.02 Å². The highest BCUT2D eigenvalue weighted by molar-refractivity contribution is 6.31. The van der Waals surface area contributed by atoms with E-state index < -0.39 is 11.3 Å². The summed E-state index contributed by atoms with van der Waals surface area (Å²) in [7, 11) is 3.57. The van der Waals surface area contributed by atoms with Gasteiger partial charge in [-0.1, -0.05) is 36.6 Å². The average Bonchev–Trinajstić information content (AvgIpc) is 3.70. The molecule has 1 saturated heterocycles. The Hall–Kier alpha value is -3.14. The minimum Gasteiger partial charge on any atom is -0.487 e. The van der Waals surface area contributed by atoms with Crippen molar-refractivity contribution >= 4 is 29.3 Å². The Morgan fingerprint density at radius 3 is 2.70 bits per heavy atom. The number of likely N-dealkylation sites (tertiary alicyclic amines) is 1. The molecule has 3 heterocycles. The quantitative estimate of drug-likeness (QED) is 0.438. The highest BCUT2D eigenvalue weighted by Crippen LogP contribution is 2.47. The first-order chi connectivity index (χ1) is 21.1. The molecule has 2 aromatic rings. The summed E-state index contributed by atoms with van der Waals surface area (Å²) in [4.78, 5) is 44.4. The van der Waals surface area contributed by atoms with Crippen molar-refractivity contribution in [3.63, 3.8) is 0 Å². The number of nitrogens with one attached hydrogen (secondary N) is 1. The molecule has 1 N–H and O–H groups in total. The molecule has 0 radical (unpaired) electrons. The molecule has 1 aromatic heterocycles. The fraction of sp³-hybridized carbons (Fsp3) is 0.667. The second-order valence-electron chi connectivity index (χ2n) is 13.6. The zero-order valence-corrected chi connectivity index (χ0v) is 27.2. The zero-order valence-electron chi connectivity index (χ0n) is 26.4. The molecular weight excluding hydrogens is 580 g/mol. The van der Waals surface area contributed by atoms with Gasteiger partial charge in [-0.05, 0) is 69.1 Å². The van der Waals surface area contributed by atoms with Crippen LogP contribution in [0.4, 0.5) is 0 Å². The molecule has 44 heavy (non-hydrogen) atoms. The molecule has 2 aliphatic carbocycles. The highest BCUT2D eigenvalue weighted by atomic mass is 35.5. The van der Waals surface area contributed by atoms with Crippen molar-refractivity contribution < 1.29 is 19.1 Å². The number of aryl methyl sites for hydroxylation is 1. The Morgan fingerprint density at radius 1 is 1.20 bits per heavy atom. The van der Waals surface area contributed by atoms with Gasteiger partial charge in [0.1, 0.15) is 18.1 Å². The lowest BCUT2D eigenvalue weighted by Gasteiger charge is -2.45. The molecule has 3 fully saturated rings. The van der Waals surface area contributed by atoms with Crippen LogP contribution in [0, 0.1) is 17.3 Å².